The molecule has 0 spiro atoms. The van der Waals surface area contributed by atoms with Crippen LogP contribution in [0.3, 0.4) is 0 Å². The molecule has 202 valence electrons. The van der Waals surface area contributed by atoms with Crippen LogP contribution in [0.5, 0.6) is 0 Å². The zero-order valence-corrected chi connectivity index (χ0v) is 22.9. The molecule has 0 saturated carbocycles. The molecular formula is C29H31N5O4S. The fraction of sp³-hybridized carbons (Fsp3) is 0.207. The molecule has 10 heteroatoms. The van der Waals surface area contributed by atoms with Gasteiger partial charge < -0.3 is 15.2 Å². The summed E-state index contributed by atoms with van der Waals surface area (Å²) >= 11 is 0. The first kappa shape index (κ1) is 27.7. The first-order valence-electron chi connectivity index (χ1n) is 12.5. The summed E-state index contributed by atoms with van der Waals surface area (Å²) in [6, 6.07) is 18.9. The van der Waals surface area contributed by atoms with Crippen molar-refractivity contribution in [1.29, 1.82) is 0 Å². The molecule has 0 aliphatic rings. The third-order valence-corrected chi connectivity index (χ3v) is 7.37. The zero-order chi connectivity index (χ0) is 28.2. The second kappa shape index (κ2) is 11.6. The number of amides is 1. The molecule has 0 bridgehead atoms. The van der Waals surface area contributed by atoms with Gasteiger partial charge in [-0.1, -0.05) is 43.7 Å². The van der Waals surface area contributed by atoms with Gasteiger partial charge in [-0.2, -0.15) is 0 Å². The number of benzene rings is 3. The molecule has 0 radical (unpaired) electrons. The van der Waals surface area contributed by atoms with E-state index in [1.54, 1.807) is 13.2 Å². The van der Waals surface area contributed by atoms with E-state index in [1.165, 1.54) is 28.8 Å². The van der Waals surface area contributed by atoms with Crippen molar-refractivity contribution in [2.45, 2.75) is 38.0 Å². The summed E-state index contributed by atoms with van der Waals surface area (Å²) in [6.45, 7) is 4.01. The average Bonchev–Trinajstić information content (AvgIpc) is 2.91. The summed E-state index contributed by atoms with van der Waals surface area (Å²) in [7, 11) is -2.21. The summed E-state index contributed by atoms with van der Waals surface area (Å²) in [5, 5.41) is 11.2. The third-order valence-electron chi connectivity index (χ3n) is 6.44. The fourth-order valence-corrected chi connectivity index (χ4v) is 4.76. The molecule has 0 aliphatic carbocycles. The molecule has 4 aromatic rings. The first-order valence-corrected chi connectivity index (χ1v) is 14.1. The van der Waals surface area contributed by atoms with E-state index in [2.05, 4.69) is 22.5 Å². The largest absolute Gasteiger partial charge is 0.336 e. The highest BCUT2D eigenvalue weighted by atomic mass is 32.2. The number of primary sulfonamides is 1. The van der Waals surface area contributed by atoms with Crippen molar-refractivity contribution >= 4 is 33.1 Å². The van der Waals surface area contributed by atoms with Crippen LogP contribution in [0.2, 0.25) is 0 Å². The number of nitrogens with one attached hydrogen (secondary N) is 2. The maximum atomic E-state index is 13.2. The minimum Gasteiger partial charge on any atom is -0.336 e. The monoisotopic (exact) mass is 545 g/mol. The van der Waals surface area contributed by atoms with Gasteiger partial charge in [-0.15, -0.1) is 0 Å². The van der Waals surface area contributed by atoms with Crippen molar-refractivity contribution in [3.05, 3.63) is 100.0 Å². The van der Waals surface area contributed by atoms with Gasteiger partial charge in [-0.25, -0.2) is 18.5 Å². The molecule has 1 aromatic heterocycles. The van der Waals surface area contributed by atoms with E-state index in [1.807, 2.05) is 49.4 Å². The Morgan fingerprint density at radius 1 is 1.03 bits per heavy atom. The van der Waals surface area contributed by atoms with Gasteiger partial charge in [-0.3, -0.25) is 9.59 Å². The maximum absolute atomic E-state index is 13.2. The zero-order valence-electron chi connectivity index (χ0n) is 22.1. The van der Waals surface area contributed by atoms with Crippen LogP contribution >= 0.6 is 0 Å². The van der Waals surface area contributed by atoms with Crippen LogP contribution < -0.4 is 21.3 Å². The Morgan fingerprint density at radius 2 is 1.74 bits per heavy atom. The van der Waals surface area contributed by atoms with E-state index in [4.69, 9.17) is 5.14 Å². The van der Waals surface area contributed by atoms with Crippen molar-refractivity contribution in [2.24, 2.45) is 12.2 Å². The lowest BCUT2D eigenvalue weighted by molar-refractivity contribution is 0.102. The van der Waals surface area contributed by atoms with Crippen LogP contribution in [-0.4, -0.2) is 23.9 Å². The Labute approximate surface area is 227 Å². The van der Waals surface area contributed by atoms with Gasteiger partial charge in [0, 0.05) is 35.7 Å². The fourth-order valence-electron chi connectivity index (χ4n) is 4.25. The van der Waals surface area contributed by atoms with Crippen LogP contribution in [-0.2, 0) is 23.5 Å². The molecule has 1 heterocycles. The van der Waals surface area contributed by atoms with Gasteiger partial charge >= 0.3 is 0 Å². The molecule has 0 fully saturated rings. The number of sulfonamides is 1. The molecule has 3 aromatic carbocycles. The highest BCUT2D eigenvalue weighted by Crippen LogP contribution is 2.28. The second-order valence-electron chi connectivity index (χ2n) is 9.28. The number of aryl methyl sites for hydroxylation is 2. The number of hydrogen-bond donors (Lipinski definition) is 3. The van der Waals surface area contributed by atoms with E-state index >= 15 is 0 Å². The summed E-state index contributed by atoms with van der Waals surface area (Å²) < 4.78 is 24.5. The summed E-state index contributed by atoms with van der Waals surface area (Å²) in [4.78, 5) is 30.5. The normalized spacial score (nSPS) is 11.3. The van der Waals surface area contributed by atoms with Gasteiger partial charge in [0.05, 0.1) is 10.6 Å². The Kier molecular flexibility index (Phi) is 8.27. The highest BCUT2D eigenvalue weighted by molar-refractivity contribution is 7.89. The van der Waals surface area contributed by atoms with Crippen molar-refractivity contribution in [2.75, 3.05) is 10.6 Å². The maximum Gasteiger partial charge on any atom is 0.293 e. The molecule has 4 N–H and O–H groups in total. The lowest BCUT2D eigenvalue weighted by atomic mass is 10.0. The van der Waals surface area contributed by atoms with Crippen LogP contribution in [0.15, 0.2) is 82.6 Å². The van der Waals surface area contributed by atoms with Crippen molar-refractivity contribution in [3.63, 3.8) is 0 Å². The number of nitrogens with two attached hydrogens (primary N) is 1. The van der Waals surface area contributed by atoms with E-state index in [9.17, 15) is 18.0 Å². The number of anilines is 3. The molecular weight excluding hydrogens is 514 g/mol. The van der Waals surface area contributed by atoms with Gasteiger partial charge in [-0.05, 0) is 67.3 Å². The molecule has 4 rings (SSSR count). The molecule has 0 unspecified atom stereocenters. The summed E-state index contributed by atoms with van der Waals surface area (Å²) in [5.74, 6) is -0.113. The smallest absolute Gasteiger partial charge is 0.293 e. The Morgan fingerprint density at radius 3 is 2.44 bits per heavy atom. The van der Waals surface area contributed by atoms with E-state index in [0.29, 0.717) is 22.6 Å². The van der Waals surface area contributed by atoms with Crippen LogP contribution in [0, 0.1) is 6.92 Å². The first-order chi connectivity index (χ1) is 18.6. The second-order valence-corrected chi connectivity index (χ2v) is 10.8. The number of nitrogens with zero attached hydrogens (tertiary/aromatic N) is 2. The standard InChI is InChI=1S/C29H31N5O4S/c1-4-5-9-20-10-6-7-11-24(20)28(35)33-25-13-8-12-23(19(25)2)26-18-34(3)29(36)27(32-26)31-21-14-16-22(17-15-21)39(30,37)38/h6-8,10-18H,4-5,9H2,1-3H3,(H,31,32)(H,33,35)(H2,30,37,38). The third kappa shape index (κ3) is 6.42. The average molecular weight is 546 g/mol. The van der Waals surface area contributed by atoms with Crippen LogP contribution in [0.25, 0.3) is 11.3 Å². The molecule has 0 aliphatic heterocycles. The van der Waals surface area contributed by atoms with Gasteiger partial charge in [0.2, 0.25) is 10.0 Å². The minimum absolute atomic E-state index is 0.0369. The van der Waals surface area contributed by atoms with E-state index in [-0.39, 0.29) is 22.2 Å². The Balaban J connectivity index is 1.64. The van der Waals surface area contributed by atoms with Gasteiger partial charge in [0.15, 0.2) is 5.82 Å². The predicted molar refractivity (Wildman–Crippen MR) is 154 cm³/mol. The lowest BCUT2D eigenvalue weighted by Crippen LogP contribution is -2.21. The highest BCUT2D eigenvalue weighted by Gasteiger charge is 2.16. The van der Waals surface area contributed by atoms with Crippen molar-refractivity contribution < 1.29 is 13.2 Å². The molecule has 9 nitrogen and oxygen atoms in total. The molecule has 39 heavy (non-hydrogen) atoms. The summed E-state index contributed by atoms with van der Waals surface area (Å²) in [5.41, 5.74) is 4.49. The number of carbonyl (C=O) groups is 1. The number of unbranched alkanes of at least 4 members (excludes halogenated alkanes) is 1. The molecule has 0 saturated heterocycles. The summed E-state index contributed by atoms with van der Waals surface area (Å²) in [6.07, 6.45) is 4.51. The van der Waals surface area contributed by atoms with Crippen LogP contribution in [0.1, 0.15) is 41.3 Å². The Hall–Kier alpha value is -4.28. The quantitative estimate of drug-likeness (QED) is 0.278. The SMILES string of the molecule is CCCCc1ccccc1C(=O)Nc1cccc(-c2cn(C)c(=O)c(Nc3ccc(S(N)(=O)=O)cc3)n2)c1C. The van der Waals surface area contributed by atoms with Gasteiger partial charge in [0.25, 0.3) is 11.5 Å². The topological polar surface area (TPSA) is 136 Å². The number of rotatable bonds is 9. The van der Waals surface area contributed by atoms with Gasteiger partial charge in [0.1, 0.15) is 0 Å². The minimum atomic E-state index is -3.83. The van der Waals surface area contributed by atoms with Crippen molar-refractivity contribution in [3.8, 4) is 11.3 Å². The van der Waals surface area contributed by atoms with E-state index in [0.717, 1.165) is 36.0 Å². The number of aromatic nitrogens is 2. The predicted octanol–water partition coefficient (Wildman–Crippen LogP) is 4.74. The lowest BCUT2D eigenvalue weighted by Gasteiger charge is -2.15. The number of hydrogen-bond acceptors (Lipinski definition) is 6. The Bertz CT molecular complexity index is 1680. The van der Waals surface area contributed by atoms with Crippen molar-refractivity contribution in [1.82, 2.24) is 9.55 Å². The van der Waals surface area contributed by atoms with Crippen LogP contribution in [0.4, 0.5) is 17.2 Å². The number of carbonyl (C=O) groups excluding carboxylic acids is 1. The molecule has 1 amide bonds. The molecule has 0 atom stereocenters. The van der Waals surface area contributed by atoms with E-state index < -0.39 is 10.0 Å².